The van der Waals surface area contributed by atoms with Gasteiger partial charge >= 0.3 is 0 Å². The summed E-state index contributed by atoms with van der Waals surface area (Å²) in [5.74, 6) is -0.578. The Morgan fingerprint density at radius 1 is 1.25 bits per heavy atom. The van der Waals surface area contributed by atoms with E-state index in [-0.39, 0.29) is 40.2 Å². The van der Waals surface area contributed by atoms with Crippen molar-refractivity contribution in [2.45, 2.75) is 51.2 Å². The lowest BCUT2D eigenvalue weighted by molar-refractivity contribution is -0.117. The summed E-state index contributed by atoms with van der Waals surface area (Å²) in [7, 11) is 0. The second kappa shape index (κ2) is 7.02. The van der Waals surface area contributed by atoms with E-state index < -0.39 is 0 Å². The van der Waals surface area contributed by atoms with E-state index in [1.54, 1.807) is 12.1 Å². The van der Waals surface area contributed by atoms with Crippen molar-refractivity contribution >= 4 is 22.7 Å². The lowest BCUT2D eigenvalue weighted by atomic mass is 9.91. The highest BCUT2D eigenvalue weighted by Gasteiger charge is 2.22. The van der Waals surface area contributed by atoms with E-state index in [4.69, 9.17) is 0 Å². The molecular formula is C16H21FO2S. The molecule has 0 aromatic heterocycles. The minimum atomic E-state index is -0.341. The number of rotatable bonds is 5. The van der Waals surface area contributed by atoms with Gasteiger partial charge in [-0.15, -0.1) is 0 Å². The number of Topliss-reactive ketones (excluding diaryl/α,β-unsaturated/α-hetero) is 1. The van der Waals surface area contributed by atoms with Crippen molar-refractivity contribution < 1.29 is 14.0 Å². The zero-order chi connectivity index (χ0) is 15.3. The molecule has 0 saturated heterocycles. The van der Waals surface area contributed by atoms with Gasteiger partial charge in [0, 0.05) is 17.6 Å². The van der Waals surface area contributed by atoms with Crippen molar-refractivity contribution in [3.8, 4) is 0 Å². The highest BCUT2D eigenvalue weighted by molar-refractivity contribution is 8.14. The zero-order valence-corrected chi connectivity index (χ0v) is 13.2. The highest BCUT2D eigenvalue weighted by Crippen LogP contribution is 2.31. The Labute approximate surface area is 124 Å². The van der Waals surface area contributed by atoms with Crippen LogP contribution in [0.25, 0.3) is 0 Å². The van der Waals surface area contributed by atoms with E-state index in [9.17, 15) is 14.0 Å². The Morgan fingerprint density at radius 2 is 1.90 bits per heavy atom. The molecule has 0 saturated carbocycles. The molecule has 0 aliphatic rings. The van der Waals surface area contributed by atoms with Crippen LogP contribution in [0.15, 0.2) is 24.3 Å². The summed E-state index contributed by atoms with van der Waals surface area (Å²) in [5, 5.41) is 0.0352. The van der Waals surface area contributed by atoms with Crippen molar-refractivity contribution in [1.82, 2.24) is 0 Å². The van der Waals surface area contributed by atoms with E-state index >= 15 is 0 Å². The molecule has 1 aromatic rings. The standard InChI is InChI=1S/C16H21FO2S/c1-11(18)8-13(10-15(19)20-16(2,3)4)12-6-5-7-14(17)9-12/h5-7,9,13H,8,10H2,1-4H3/t13-/m0/s1. The number of hydrogen-bond acceptors (Lipinski definition) is 3. The minimum Gasteiger partial charge on any atom is -0.300 e. The summed E-state index contributed by atoms with van der Waals surface area (Å²) in [6.45, 7) is 7.40. The van der Waals surface area contributed by atoms with E-state index in [2.05, 4.69) is 0 Å². The van der Waals surface area contributed by atoms with Gasteiger partial charge in [0.15, 0.2) is 5.12 Å². The van der Waals surface area contributed by atoms with Crippen LogP contribution in [0.4, 0.5) is 4.39 Å². The molecule has 0 radical (unpaired) electrons. The first-order valence-corrected chi connectivity index (χ1v) is 7.46. The molecule has 0 heterocycles. The van der Waals surface area contributed by atoms with E-state index in [1.165, 1.54) is 30.8 Å². The summed E-state index contributed by atoms with van der Waals surface area (Å²) in [6.07, 6.45) is 0.519. The predicted molar refractivity (Wildman–Crippen MR) is 81.4 cm³/mol. The molecule has 0 aliphatic heterocycles. The van der Waals surface area contributed by atoms with Gasteiger partial charge in [0.1, 0.15) is 11.6 Å². The summed E-state index contributed by atoms with van der Waals surface area (Å²) in [5.41, 5.74) is 0.711. The molecule has 0 bridgehead atoms. The lowest BCUT2D eigenvalue weighted by Gasteiger charge is -2.19. The Bertz CT molecular complexity index is 491. The molecule has 1 atom stereocenters. The first-order valence-electron chi connectivity index (χ1n) is 6.64. The van der Waals surface area contributed by atoms with Gasteiger partial charge in [-0.05, 0) is 30.5 Å². The second-order valence-electron chi connectivity index (χ2n) is 5.95. The monoisotopic (exact) mass is 296 g/mol. The topological polar surface area (TPSA) is 34.1 Å². The maximum Gasteiger partial charge on any atom is 0.190 e. The van der Waals surface area contributed by atoms with Crippen LogP contribution < -0.4 is 0 Å². The summed E-state index contributed by atoms with van der Waals surface area (Å²) >= 11 is 1.27. The van der Waals surface area contributed by atoms with Gasteiger partial charge in [-0.25, -0.2) is 4.39 Å². The third-order valence-corrected chi connectivity index (χ3v) is 3.69. The van der Waals surface area contributed by atoms with Gasteiger partial charge in [0.2, 0.25) is 0 Å². The highest BCUT2D eigenvalue weighted by atomic mass is 32.2. The minimum absolute atomic E-state index is 0.00724. The first-order chi connectivity index (χ1) is 9.17. The van der Waals surface area contributed by atoms with Gasteiger partial charge in [-0.1, -0.05) is 44.7 Å². The maximum absolute atomic E-state index is 13.3. The van der Waals surface area contributed by atoms with Crippen LogP contribution in [0.1, 0.15) is 52.0 Å². The average molecular weight is 296 g/mol. The fraction of sp³-hybridized carbons (Fsp3) is 0.500. The Kier molecular flexibility index (Phi) is 5.93. The first kappa shape index (κ1) is 16.9. The molecule has 0 spiro atoms. The fourth-order valence-corrected chi connectivity index (χ4v) is 2.97. The smallest absolute Gasteiger partial charge is 0.190 e. The third-order valence-electron chi connectivity index (χ3n) is 2.69. The SMILES string of the molecule is CC(=O)C[C@@H](CC(=O)SC(C)(C)C)c1cccc(F)c1. The second-order valence-corrected chi connectivity index (χ2v) is 7.83. The number of halogens is 1. The van der Waals surface area contributed by atoms with Crippen LogP contribution in [-0.2, 0) is 9.59 Å². The number of benzene rings is 1. The predicted octanol–water partition coefficient (Wildman–Crippen LogP) is 4.34. The normalized spacial score (nSPS) is 13.1. The van der Waals surface area contributed by atoms with Crippen molar-refractivity contribution in [1.29, 1.82) is 0 Å². The van der Waals surface area contributed by atoms with Crippen molar-refractivity contribution in [2.24, 2.45) is 0 Å². The van der Waals surface area contributed by atoms with Crippen LogP contribution in [0.3, 0.4) is 0 Å². The number of carbonyl (C=O) groups excluding carboxylic acids is 2. The van der Waals surface area contributed by atoms with Crippen LogP contribution in [0.2, 0.25) is 0 Å². The van der Waals surface area contributed by atoms with Gasteiger partial charge in [0.05, 0.1) is 0 Å². The number of carbonyl (C=O) groups is 2. The van der Waals surface area contributed by atoms with Crippen molar-refractivity contribution in [2.75, 3.05) is 0 Å². The fourth-order valence-electron chi connectivity index (χ4n) is 2.00. The van der Waals surface area contributed by atoms with E-state index in [0.29, 0.717) is 5.56 Å². The molecule has 110 valence electrons. The maximum atomic E-state index is 13.3. The quantitative estimate of drug-likeness (QED) is 0.810. The molecule has 0 aliphatic carbocycles. The molecule has 0 fully saturated rings. The van der Waals surface area contributed by atoms with Crippen molar-refractivity contribution in [3.05, 3.63) is 35.6 Å². The average Bonchev–Trinajstić information content (AvgIpc) is 2.24. The summed E-state index contributed by atoms with van der Waals surface area (Å²) < 4.78 is 13.1. The zero-order valence-electron chi connectivity index (χ0n) is 12.4. The number of ketones is 1. The molecule has 2 nitrogen and oxygen atoms in total. The largest absolute Gasteiger partial charge is 0.300 e. The Hall–Kier alpha value is -1.16. The molecule has 20 heavy (non-hydrogen) atoms. The van der Waals surface area contributed by atoms with Gasteiger partial charge in [-0.3, -0.25) is 4.79 Å². The van der Waals surface area contributed by atoms with Crippen LogP contribution in [0, 0.1) is 5.82 Å². The van der Waals surface area contributed by atoms with Crippen LogP contribution >= 0.6 is 11.8 Å². The molecule has 4 heteroatoms. The van der Waals surface area contributed by atoms with Gasteiger partial charge in [0.25, 0.3) is 0 Å². The van der Waals surface area contributed by atoms with Crippen LogP contribution in [-0.4, -0.2) is 15.6 Å². The molecule has 0 N–H and O–H groups in total. The molecule has 1 aromatic carbocycles. The number of hydrogen-bond donors (Lipinski definition) is 0. The molecule has 1 rings (SSSR count). The van der Waals surface area contributed by atoms with E-state index in [1.807, 2.05) is 20.8 Å². The Morgan fingerprint density at radius 3 is 2.40 bits per heavy atom. The third kappa shape index (κ3) is 6.33. The van der Waals surface area contributed by atoms with Gasteiger partial charge < -0.3 is 4.79 Å². The molecule has 0 amide bonds. The Balaban J connectivity index is 2.85. The lowest BCUT2D eigenvalue weighted by Crippen LogP contribution is -2.15. The summed E-state index contributed by atoms with van der Waals surface area (Å²) in [6, 6.07) is 6.15. The summed E-state index contributed by atoms with van der Waals surface area (Å²) in [4.78, 5) is 23.4. The molecular weight excluding hydrogens is 275 g/mol. The van der Waals surface area contributed by atoms with Gasteiger partial charge in [-0.2, -0.15) is 0 Å². The number of thioether (sulfide) groups is 1. The van der Waals surface area contributed by atoms with E-state index in [0.717, 1.165) is 0 Å². The molecule has 0 unspecified atom stereocenters. The van der Waals surface area contributed by atoms with Crippen LogP contribution in [0.5, 0.6) is 0 Å². The van der Waals surface area contributed by atoms with Crippen molar-refractivity contribution in [3.63, 3.8) is 0 Å².